The lowest BCUT2D eigenvalue weighted by molar-refractivity contribution is 0.834. The Morgan fingerprint density at radius 3 is 2.48 bits per heavy atom. The van der Waals surface area contributed by atoms with Crippen molar-refractivity contribution < 1.29 is 0 Å². The number of fused-ring (bicyclic) bond motifs is 2. The lowest BCUT2D eigenvalue weighted by Gasteiger charge is -2.12. The Morgan fingerprint density at radius 2 is 1.65 bits per heavy atom. The van der Waals surface area contributed by atoms with Gasteiger partial charge < -0.3 is 4.57 Å². The number of thioether (sulfide) groups is 1. The van der Waals surface area contributed by atoms with Crippen LogP contribution in [0, 0.1) is 6.92 Å². The van der Waals surface area contributed by atoms with Gasteiger partial charge in [0, 0.05) is 17.0 Å². The highest BCUT2D eigenvalue weighted by Crippen LogP contribution is 2.31. The number of rotatable bonds is 6. The van der Waals surface area contributed by atoms with Gasteiger partial charge in [0.25, 0.3) is 0 Å². The molecule has 0 aliphatic carbocycles. The van der Waals surface area contributed by atoms with Gasteiger partial charge in [-0.2, -0.15) is 0 Å². The van der Waals surface area contributed by atoms with E-state index in [1.807, 2.05) is 11.8 Å². The molecule has 154 valence electrons. The third-order valence-corrected chi connectivity index (χ3v) is 6.93. The van der Waals surface area contributed by atoms with E-state index in [1.54, 1.807) is 0 Å². The number of benzene rings is 4. The molecule has 0 fully saturated rings. The Hall–Kier alpha value is -3.04. The maximum Gasteiger partial charge on any atom is 0.141 e. The first-order valence-corrected chi connectivity index (χ1v) is 11.9. The first-order valence-electron chi connectivity index (χ1n) is 10.9. The van der Waals surface area contributed by atoms with Crippen LogP contribution in [0.4, 0.5) is 0 Å². The van der Waals surface area contributed by atoms with Crippen molar-refractivity contribution >= 4 is 33.6 Å². The first-order chi connectivity index (χ1) is 15.2. The average molecular weight is 423 g/mol. The minimum atomic E-state index is 0.799. The SMILES string of the molecule is CCCSc1ccc2nc(-c3ccccc3C)n(Cc3ccc4ccccc4c3)c2c1. The molecular weight excluding hydrogens is 396 g/mol. The molecule has 0 aliphatic heterocycles. The molecule has 31 heavy (non-hydrogen) atoms. The summed E-state index contributed by atoms with van der Waals surface area (Å²) in [5, 5.41) is 2.56. The monoisotopic (exact) mass is 422 g/mol. The molecule has 1 aromatic heterocycles. The van der Waals surface area contributed by atoms with Crippen molar-refractivity contribution in [3.05, 3.63) is 96.1 Å². The van der Waals surface area contributed by atoms with Gasteiger partial charge in [-0.1, -0.05) is 67.6 Å². The molecule has 0 aliphatic rings. The minimum absolute atomic E-state index is 0.799. The van der Waals surface area contributed by atoms with Crippen molar-refractivity contribution in [2.45, 2.75) is 31.7 Å². The molecule has 2 nitrogen and oxygen atoms in total. The smallest absolute Gasteiger partial charge is 0.141 e. The van der Waals surface area contributed by atoms with Gasteiger partial charge in [0.15, 0.2) is 0 Å². The molecule has 0 saturated heterocycles. The minimum Gasteiger partial charge on any atom is -0.319 e. The van der Waals surface area contributed by atoms with Gasteiger partial charge in [-0.3, -0.25) is 0 Å². The molecule has 0 bridgehead atoms. The highest BCUT2D eigenvalue weighted by Gasteiger charge is 2.15. The summed E-state index contributed by atoms with van der Waals surface area (Å²) < 4.78 is 2.39. The Bertz CT molecular complexity index is 1370. The van der Waals surface area contributed by atoms with Crippen molar-refractivity contribution in [3.63, 3.8) is 0 Å². The van der Waals surface area contributed by atoms with Crippen molar-refractivity contribution in [2.75, 3.05) is 5.75 Å². The molecule has 0 radical (unpaired) electrons. The summed E-state index contributed by atoms with van der Waals surface area (Å²) in [6, 6.07) is 30.6. The number of hydrogen-bond donors (Lipinski definition) is 0. The second-order valence-corrected chi connectivity index (χ2v) is 9.19. The Balaban J connectivity index is 1.66. The molecule has 0 saturated carbocycles. The summed E-state index contributed by atoms with van der Waals surface area (Å²) in [4.78, 5) is 6.39. The average Bonchev–Trinajstić information content (AvgIpc) is 3.15. The highest BCUT2D eigenvalue weighted by molar-refractivity contribution is 7.99. The van der Waals surface area contributed by atoms with E-state index < -0.39 is 0 Å². The van der Waals surface area contributed by atoms with Crippen LogP contribution in [0.3, 0.4) is 0 Å². The van der Waals surface area contributed by atoms with Crippen LogP contribution in [-0.2, 0) is 6.54 Å². The van der Waals surface area contributed by atoms with Crippen LogP contribution >= 0.6 is 11.8 Å². The largest absolute Gasteiger partial charge is 0.319 e. The zero-order valence-corrected chi connectivity index (χ0v) is 18.8. The molecule has 0 unspecified atom stereocenters. The van der Waals surface area contributed by atoms with Crippen LogP contribution in [0.1, 0.15) is 24.5 Å². The van der Waals surface area contributed by atoms with Crippen molar-refractivity contribution in [3.8, 4) is 11.4 Å². The summed E-state index contributed by atoms with van der Waals surface area (Å²) in [7, 11) is 0. The molecule has 5 aromatic rings. The molecule has 0 N–H and O–H groups in total. The lowest BCUT2D eigenvalue weighted by Crippen LogP contribution is -2.03. The van der Waals surface area contributed by atoms with E-state index in [2.05, 4.69) is 103 Å². The zero-order valence-electron chi connectivity index (χ0n) is 18.0. The summed E-state index contributed by atoms with van der Waals surface area (Å²) in [6.07, 6.45) is 1.17. The van der Waals surface area contributed by atoms with Crippen LogP contribution in [0.25, 0.3) is 33.2 Å². The van der Waals surface area contributed by atoms with E-state index in [-0.39, 0.29) is 0 Å². The van der Waals surface area contributed by atoms with E-state index in [0.29, 0.717) is 0 Å². The van der Waals surface area contributed by atoms with E-state index in [0.717, 1.165) is 23.6 Å². The van der Waals surface area contributed by atoms with Gasteiger partial charge in [-0.15, -0.1) is 11.8 Å². The maximum absolute atomic E-state index is 5.08. The number of hydrogen-bond acceptors (Lipinski definition) is 2. The molecule has 1 heterocycles. The van der Waals surface area contributed by atoms with E-state index in [4.69, 9.17) is 4.98 Å². The standard InChI is InChI=1S/C28H26N2S/c1-3-16-31-24-14-15-26-27(18-24)30(28(29-26)25-11-7-4-8-20(25)2)19-21-12-13-22-9-5-6-10-23(22)17-21/h4-15,17-18H,3,16,19H2,1-2H3. The van der Waals surface area contributed by atoms with E-state index >= 15 is 0 Å². The summed E-state index contributed by atoms with van der Waals surface area (Å²) in [5.41, 5.74) is 5.99. The van der Waals surface area contributed by atoms with E-state index in [9.17, 15) is 0 Å². The van der Waals surface area contributed by atoms with Gasteiger partial charge in [0.05, 0.1) is 11.0 Å². The summed E-state index contributed by atoms with van der Waals surface area (Å²) in [6.45, 7) is 5.19. The van der Waals surface area contributed by atoms with Crippen molar-refractivity contribution in [1.82, 2.24) is 9.55 Å². The number of nitrogens with zero attached hydrogens (tertiary/aromatic N) is 2. The van der Waals surface area contributed by atoms with Gasteiger partial charge in [0.2, 0.25) is 0 Å². The Morgan fingerprint density at radius 1 is 0.839 bits per heavy atom. The van der Waals surface area contributed by atoms with Crippen LogP contribution < -0.4 is 0 Å². The van der Waals surface area contributed by atoms with Gasteiger partial charge in [-0.25, -0.2) is 4.98 Å². The number of imidazole rings is 1. The molecule has 3 heteroatoms. The van der Waals surface area contributed by atoms with Gasteiger partial charge in [0.1, 0.15) is 5.82 Å². The van der Waals surface area contributed by atoms with Crippen LogP contribution in [0.2, 0.25) is 0 Å². The predicted molar refractivity (Wildman–Crippen MR) is 134 cm³/mol. The molecule has 4 aromatic carbocycles. The zero-order chi connectivity index (χ0) is 21.2. The van der Waals surface area contributed by atoms with Crippen LogP contribution in [0.15, 0.2) is 89.8 Å². The number of aryl methyl sites for hydroxylation is 1. The normalized spacial score (nSPS) is 11.4. The molecule has 0 amide bonds. The van der Waals surface area contributed by atoms with Gasteiger partial charge >= 0.3 is 0 Å². The highest BCUT2D eigenvalue weighted by atomic mass is 32.2. The fraction of sp³-hybridized carbons (Fsp3) is 0.179. The van der Waals surface area contributed by atoms with E-state index in [1.165, 1.54) is 44.3 Å². The van der Waals surface area contributed by atoms with Crippen LogP contribution in [0.5, 0.6) is 0 Å². The Kier molecular flexibility index (Phi) is 5.52. The van der Waals surface area contributed by atoms with Gasteiger partial charge in [-0.05, 0) is 65.3 Å². The number of aromatic nitrogens is 2. The molecule has 0 atom stereocenters. The second kappa shape index (κ2) is 8.60. The third kappa shape index (κ3) is 3.98. The first kappa shape index (κ1) is 19.9. The maximum atomic E-state index is 5.08. The Labute approximate surface area is 187 Å². The fourth-order valence-electron chi connectivity index (χ4n) is 4.12. The fourth-order valence-corrected chi connectivity index (χ4v) is 4.92. The molecule has 5 rings (SSSR count). The summed E-state index contributed by atoms with van der Waals surface area (Å²) >= 11 is 1.92. The quantitative estimate of drug-likeness (QED) is 0.261. The predicted octanol–water partition coefficient (Wildman–Crippen LogP) is 7.72. The van der Waals surface area contributed by atoms with Crippen molar-refractivity contribution in [1.29, 1.82) is 0 Å². The van der Waals surface area contributed by atoms with Crippen LogP contribution in [-0.4, -0.2) is 15.3 Å². The summed E-state index contributed by atoms with van der Waals surface area (Å²) in [5.74, 6) is 2.17. The molecule has 0 spiro atoms. The third-order valence-electron chi connectivity index (χ3n) is 5.73. The topological polar surface area (TPSA) is 17.8 Å². The lowest BCUT2D eigenvalue weighted by atomic mass is 10.1. The second-order valence-electron chi connectivity index (χ2n) is 8.02. The molecular formula is C28H26N2S. The van der Waals surface area contributed by atoms with Crippen molar-refractivity contribution in [2.24, 2.45) is 0 Å².